The second kappa shape index (κ2) is 7.34. The fourth-order valence-corrected chi connectivity index (χ4v) is 4.41. The van der Waals surface area contributed by atoms with Crippen LogP contribution in [0.15, 0.2) is 45.0 Å². The topological polar surface area (TPSA) is 64.7 Å². The highest BCUT2D eigenvalue weighted by atomic mass is 35.5. The highest BCUT2D eigenvalue weighted by molar-refractivity contribution is 7.99. The molecule has 3 heterocycles. The Kier molecular flexibility index (Phi) is 5.02. The molecule has 0 radical (unpaired) electrons. The molecule has 0 bridgehead atoms. The molecule has 0 saturated carbocycles. The van der Waals surface area contributed by atoms with Crippen molar-refractivity contribution in [3.63, 3.8) is 0 Å². The first-order valence-corrected chi connectivity index (χ1v) is 10.00. The number of hydrogen-bond donors (Lipinski definition) is 0. The Morgan fingerprint density at radius 2 is 1.96 bits per heavy atom. The van der Waals surface area contributed by atoms with Gasteiger partial charge in [-0.1, -0.05) is 30.7 Å². The van der Waals surface area contributed by atoms with Crippen molar-refractivity contribution >= 4 is 44.9 Å². The smallest absolute Gasteiger partial charge is 0.411 e. The van der Waals surface area contributed by atoms with Gasteiger partial charge >= 0.3 is 6.18 Å². The lowest BCUT2D eigenvalue weighted by atomic mass is 10.2. The van der Waals surface area contributed by atoms with Gasteiger partial charge in [0.2, 0.25) is 11.7 Å². The zero-order valence-corrected chi connectivity index (χ0v) is 16.5. The summed E-state index contributed by atoms with van der Waals surface area (Å²) < 4.78 is 45.2. The molecule has 0 aliphatic heterocycles. The number of rotatable bonds is 4. The van der Waals surface area contributed by atoms with Crippen molar-refractivity contribution in [2.75, 3.05) is 0 Å². The minimum atomic E-state index is -4.66. The Balaban J connectivity index is 1.75. The molecular formula is C17H10ClF3N4OS2. The Labute approximate surface area is 170 Å². The van der Waals surface area contributed by atoms with Gasteiger partial charge in [0, 0.05) is 10.3 Å². The number of alkyl halides is 3. The van der Waals surface area contributed by atoms with Crippen LogP contribution < -0.4 is 0 Å². The van der Waals surface area contributed by atoms with E-state index in [1.165, 1.54) is 11.3 Å². The van der Waals surface area contributed by atoms with E-state index >= 15 is 0 Å². The number of nitrogens with zero attached hydrogens (tertiary/aromatic N) is 4. The largest absolute Gasteiger partial charge is 0.451 e. The monoisotopic (exact) mass is 442 g/mol. The van der Waals surface area contributed by atoms with Gasteiger partial charge in [-0.3, -0.25) is 0 Å². The molecule has 144 valence electrons. The molecule has 4 rings (SSSR count). The lowest BCUT2D eigenvalue weighted by molar-refractivity contribution is -0.145. The van der Waals surface area contributed by atoms with Crippen LogP contribution in [-0.2, 0) is 12.6 Å². The van der Waals surface area contributed by atoms with Crippen LogP contribution in [0.25, 0.3) is 21.7 Å². The zero-order valence-electron chi connectivity index (χ0n) is 14.1. The van der Waals surface area contributed by atoms with Crippen molar-refractivity contribution in [2.45, 2.75) is 29.8 Å². The number of fused-ring (bicyclic) bond motifs is 1. The number of benzene rings is 1. The van der Waals surface area contributed by atoms with E-state index in [4.69, 9.17) is 16.0 Å². The first-order valence-electron chi connectivity index (χ1n) is 7.99. The summed E-state index contributed by atoms with van der Waals surface area (Å²) in [6.07, 6.45) is -3.97. The predicted molar refractivity (Wildman–Crippen MR) is 101 cm³/mol. The van der Waals surface area contributed by atoms with E-state index in [9.17, 15) is 13.2 Å². The van der Waals surface area contributed by atoms with Gasteiger partial charge in [-0.25, -0.2) is 9.97 Å². The van der Waals surface area contributed by atoms with Crippen LogP contribution in [-0.4, -0.2) is 20.2 Å². The van der Waals surface area contributed by atoms with E-state index in [1.807, 2.05) is 6.92 Å². The minimum absolute atomic E-state index is 0.0623. The minimum Gasteiger partial charge on any atom is -0.411 e. The summed E-state index contributed by atoms with van der Waals surface area (Å²) in [5.74, 6) is -1.02. The highest BCUT2D eigenvalue weighted by Crippen LogP contribution is 2.38. The van der Waals surface area contributed by atoms with Crippen LogP contribution in [0.5, 0.6) is 0 Å². The Bertz CT molecular complexity index is 1160. The molecule has 0 unspecified atom stereocenters. The molecule has 0 aliphatic carbocycles. The maximum atomic E-state index is 13.2. The van der Waals surface area contributed by atoms with Crippen LogP contribution in [0.2, 0.25) is 5.02 Å². The molecule has 0 fully saturated rings. The summed E-state index contributed by atoms with van der Waals surface area (Å²) in [5, 5.41) is 8.96. The first-order chi connectivity index (χ1) is 13.3. The molecular weight excluding hydrogens is 433 g/mol. The van der Waals surface area contributed by atoms with Crippen LogP contribution in [0.1, 0.15) is 17.6 Å². The number of aromatic nitrogens is 4. The van der Waals surface area contributed by atoms with Gasteiger partial charge in [0.25, 0.3) is 5.22 Å². The summed E-state index contributed by atoms with van der Waals surface area (Å²) in [6, 6.07) is 8.69. The molecule has 5 nitrogen and oxygen atoms in total. The summed E-state index contributed by atoms with van der Waals surface area (Å²) in [4.78, 5) is 8.54. The molecule has 3 aromatic heterocycles. The van der Waals surface area contributed by atoms with Crippen molar-refractivity contribution in [3.8, 4) is 11.5 Å². The van der Waals surface area contributed by atoms with Gasteiger partial charge < -0.3 is 4.42 Å². The summed E-state index contributed by atoms with van der Waals surface area (Å²) in [6.45, 7) is 1.92. The fourth-order valence-electron chi connectivity index (χ4n) is 2.40. The van der Waals surface area contributed by atoms with Crippen molar-refractivity contribution in [2.24, 2.45) is 0 Å². The van der Waals surface area contributed by atoms with E-state index in [0.29, 0.717) is 22.4 Å². The molecule has 0 saturated heterocycles. The number of halogens is 4. The summed E-state index contributed by atoms with van der Waals surface area (Å²) in [5.41, 5.74) is 0.538. The summed E-state index contributed by atoms with van der Waals surface area (Å²) >= 11 is 8.19. The third kappa shape index (κ3) is 3.71. The van der Waals surface area contributed by atoms with E-state index in [0.717, 1.165) is 16.6 Å². The second-order valence-electron chi connectivity index (χ2n) is 5.59. The SMILES string of the molecule is CCc1cc2c(Sc3nnc(-c4ccccc4Cl)o3)nc(C(F)(F)F)nc2s1. The van der Waals surface area contributed by atoms with Gasteiger partial charge in [0.1, 0.15) is 9.86 Å². The molecule has 0 N–H and O–H groups in total. The van der Waals surface area contributed by atoms with Crippen molar-refractivity contribution in [1.82, 2.24) is 20.2 Å². The summed E-state index contributed by atoms with van der Waals surface area (Å²) in [7, 11) is 0. The Morgan fingerprint density at radius 3 is 2.68 bits per heavy atom. The molecule has 0 atom stereocenters. The molecule has 4 aromatic rings. The molecule has 0 aliphatic rings. The molecule has 0 spiro atoms. The van der Waals surface area contributed by atoms with E-state index < -0.39 is 12.0 Å². The lowest BCUT2D eigenvalue weighted by Crippen LogP contribution is -2.11. The van der Waals surface area contributed by atoms with Crippen LogP contribution >= 0.6 is 34.7 Å². The van der Waals surface area contributed by atoms with Gasteiger partial charge in [-0.15, -0.1) is 21.5 Å². The van der Waals surface area contributed by atoms with Crippen LogP contribution in [0.3, 0.4) is 0 Å². The number of aryl methyl sites for hydroxylation is 1. The van der Waals surface area contributed by atoms with E-state index in [1.54, 1.807) is 30.3 Å². The van der Waals surface area contributed by atoms with Crippen molar-refractivity contribution < 1.29 is 17.6 Å². The van der Waals surface area contributed by atoms with Gasteiger partial charge in [0.05, 0.1) is 10.6 Å². The first kappa shape index (κ1) is 19.2. The Hall–Kier alpha value is -2.17. The second-order valence-corrected chi connectivity index (χ2v) is 8.05. The molecule has 1 aromatic carbocycles. The van der Waals surface area contributed by atoms with Crippen molar-refractivity contribution in [1.29, 1.82) is 0 Å². The standard InChI is InChI=1S/C17H10ClF3N4OS2/c1-2-8-7-10-13(27-8)22-15(17(19,20)21)23-14(10)28-16-25-24-12(26-16)9-5-3-4-6-11(9)18/h3-7H,2H2,1H3. The molecule has 0 amide bonds. The predicted octanol–water partition coefficient (Wildman–Crippen LogP) is 6.13. The maximum Gasteiger partial charge on any atom is 0.451 e. The maximum absolute atomic E-state index is 13.2. The van der Waals surface area contributed by atoms with Gasteiger partial charge in [-0.2, -0.15) is 13.2 Å². The van der Waals surface area contributed by atoms with Crippen molar-refractivity contribution in [3.05, 3.63) is 46.1 Å². The van der Waals surface area contributed by atoms with Crippen LogP contribution in [0, 0.1) is 0 Å². The lowest BCUT2D eigenvalue weighted by Gasteiger charge is -2.06. The van der Waals surface area contributed by atoms with E-state index in [-0.39, 0.29) is 21.0 Å². The number of thiophene rings is 1. The van der Waals surface area contributed by atoms with Gasteiger partial charge in [-0.05, 0) is 36.4 Å². The Morgan fingerprint density at radius 1 is 1.18 bits per heavy atom. The average molecular weight is 443 g/mol. The zero-order chi connectivity index (χ0) is 19.9. The third-order valence-corrected chi connectivity index (χ3v) is 6.05. The molecule has 11 heteroatoms. The fraction of sp³-hybridized carbons (Fsp3) is 0.176. The van der Waals surface area contributed by atoms with Crippen LogP contribution in [0.4, 0.5) is 13.2 Å². The number of hydrogen-bond acceptors (Lipinski definition) is 7. The quantitative estimate of drug-likeness (QED) is 0.354. The highest BCUT2D eigenvalue weighted by Gasteiger charge is 2.36. The average Bonchev–Trinajstić information content (AvgIpc) is 3.28. The normalized spacial score (nSPS) is 12.0. The van der Waals surface area contributed by atoms with E-state index in [2.05, 4.69) is 20.2 Å². The third-order valence-electron chi connectivity index (χ3n) is 3.71. The van der Waals surface area contributed by atoms with Gasteiger partial charge in [0.15, 0.2) is 0 Å². The molecule has 28 heavy (non-hydrogen) atoms.